The molecule has 164 valence electrons. The van der Waals surface area contributed by atoms with E-state index in [9.17, 15) is 4.79 Å². The maximum atomic E-state index is 12.9. The highest BCUT2D eigenvalue weighted by atomic mass is 79.9. The maximum absolute atomic E-state index is 12.9. The first-order valence-electron chi connectivity index (χ1n) is 10.6. The van der Waals surface area contributed by atoms with Crippen molar-refractivity contribution >= 4 is 38.6 Å². The third kappa shape index (κ3) is 4.67. The van der Waals surface area contributed by atoms with E-state index in [1.807, 2.05) is 43.3 Å². The van der Waals surface area contributed by atoms with E-state index in [1.54, 1.807) is 18.0 Å². The lowest BCUT2D eigenvalue weighted by Crippen LogP contribution is -2.13. The number of rotatable bonds is 7. The van der Waals surface area contributed by atoms with E-state index < -0.39 is 0 Å². The predicted molar refractivity (Wildman–Crippen MR) is 131 cm³/mol. The number of hydrogen-bond acceptors (Lipinski definition) is 4. The Kier molecular flexibility index (Phi) is 6.55. The average Bonchev–Trinajstić information content (AvgIpc) is 3.21. The fourth-order valence-corrected chi connectivity index (χ4v) is 4.22. The van der Waals surface area contributed by atoms with Crippen LogP contribution >= 0.6 is 15.9 Å². The summed E-state index contributed by atoms with van der Waals surface area (Å²) in [6.07, 6.45) is 3.44. The molecule has 1 amide bonds. The van der Waals surface area contributed by atoms with Crippen LogP contribution in [-0.2, 0) is 6.42 Å². The van der Waals surface area contributed by atoms with Gasteiger partial charge in [0.25, 0.3) is 5.91 Å². The standard InChI is InChI=1S/C25H25BrN4O2/c1-4-5-6-17-7-10-20(11-8-17)30-28-22-12-9-19(15-23(22)29-30)27-25(31)21-14-18(26)13-16(2)24(21)32-3/h7-15H,4-6H2,1-3H3,(H,27,31). The number of aromatic nitrogens is 3. The van der Waals surface area contributed by atoms with E-state index in [4.69, 9.17) is 4.74 Å². The number of nitrogens with one attached hydrogen (secondary N) is 1. The van der Waals surface area contributed by atoms with E-state index in [0.717, 1.165) is 27.7 Å². The Labute approximate surface area is 195 Å². The monoisotopic (exact) mass is 492 g/mol. The zero-order valence-electron chi connectivity index (χ0n) is 18.4. The number of ether oxygens (including phenoxy) is 1. The molecule has 0 aliphatic heterocycles. The highest BCUT2D eigenvalue weighted by Gasteiger charge is 2.16. The second-order valence-corrected chi connectivity index (χ2v) is 8.64. The van der Waals surface area contributed by atoms with E-state index in [2.05, 4.69) is 50.5 Å². The lowest BCUT2D eigenvalue weighted by Gasteiger charge is -2.12. The van der Waals surface area contributed by atoms with Gasteiger partial charge in [-0.1, -0.05) is 41.4 Å². The van der Waals surface area contributed by atoms with Crippen LogP contribution in [0.3, 0.4) is 0 Å². The van der Waals surface area contributed by atoms with Crippen LogP contribution < -0.4 is 10.1 Å². The summed E-state index contributed by atoms with van der Waals surface area (Å²) in [7, 11) is 1.56. The summed E-state index contributed by atoms with van der Waals surface area (Å²) in [5.74, 6) is 0.306. The number of amides is 1. The molecule has 32 heavy (non-hydrogen) atoms. The van der Waals surface area contributed by atoms with Crippen molar-refractivity contribution in [3.05, 3.63) is 75.8 Å². The molecule has 3 aromatic carbocycles. The fraction of sp³-hybridized carbons (Fsp3) is 0.240. The molecule has 4 rings (SSSR count). The Morgan fingerprint density at radius 2 is 1.81 bits per heavy atom. The number of fused-ring (bicyclic) bond motifs is 1. The summed E-state index contributed by atoms with van der Waals surface area (Å²) < 4.78 is 6.25. The van der Waals surface area contributed by atoms with E-state index >= 15 is 0 Å². The highest BCUT2D eigenvalue weighted by molar-refractivity contribution is 9.10. The van der Waals surface area contributed by atoms with Crippen molar-refractivity contribution in [1.82, 2.24) is 15.0 Å². The van der Waals surface area contributed by atoms with Crippen LogP contribution in [-0.4, -0.2) is 28.0 Å². The number of hydrogen-bond donors (Lipinski definition) is 1. The van der Waals surface area contributed by atoms with Gasteiger partial charge in [0.1, 0.15) is 16.8 Å². The van der Waals surface area contributed by atoms with Crippen molar-refractivity contribution in [3.63, 3.8) is 0 Å². The molecule has 0 bridgehead atoms. The van der Waals surface area contributed by atoms with Crippen LogP contribution in [0.15, 0.2) is 59.1 Å². The summed E-state index contributed by atoms with van der Waals surface area (Å²) >= 11 is 3.45. The Balaban J connectivity index is 1.57. The first-order chi connectivity index (χ1) is 15.5. The maximum Gasteiger partial charge on any atom is 0.259 e. The van der Waals surface area contributed by atoms with Gasteiger partial charge in [0.05, 0.1) is 18.4 Å². The molecule has 0 aliphatic carbocycles. The molecule has 0 spiro atoms. The van der Waals surface area contributed by atoms with E-state index in [1.165, 1.54) is 18.4 Å². The molecular formula is C25H25BrN4O2. The third-order valence-electron chi connectivity index (χ3n) is 5.31. The number of methoxy groups -OCH3 is 1. The first kappa shape index (κ1) is 22.0. The van der Waals surface area contributed by atoms with Crippen molar-refractivity contribution in [2.45, 2.75) is 33.1 Å². The molecule has 0 atom stereocenters. The Morgan fingerprint density at radius 3 is 2.53 bits per heavy atom. The molecule has 0 aliphatic rings. The number of aryl methyl sites for hydroxylation is 2. The minimum Gasteiger partial charge on any atom is -0.496 e. The largest absolute Gasteiger partial charge is 0.496 e. The summed E-state index contributed by atoms with van der Waals surface area (Å²) in [6, 6.07) is 17.5. The van der Waals surface area contributed by atoms with Crippen molar-refractivity contribution in [2.75, 3.05) is 12.4 Å². The van der Waals surface area contributed by atoms with Crippen LogP contribution in [0.2, 0.25) is 0 Å². The number of carbonyl (C=O) groups excluding carboxylic acids is 1. The van der Waals surface area contributed by atoms with Crippen molar-refractivity contribution < 1.29 is 9.53 Å². The smallest absolute Gasteiger partial charge is 0.259 e. The third-order valence-corrected chi connectivity index (χ3v) is 5.77. The van der Waals surface area contributed by atoms with Gasteiger partial charge in [-0.25, -0.2) is 0 Å². The molecule has 0 radical (unpaired) electrons. The predicted octanol–water partition coefficient (Wildman–Crippen LogP) is 6.09. The lowest BCUT2D eigenvalue weighted by atomic mass is 10.1. The van der Waals surface area contributed by atoms with Crippen LogP contribution in [0.5, 0.6) is 5.75 Å². The topological polar surface area (TPSA) is 69.0 Å². The first-order valence-corrected chi connectivity index (χ1v) is 11.4. The minimum absolute atomic E-state index is 0.249. The average molecular weight is 493 g/mol. The molecule has 0 unspecified atom stereocenters. The van der Waals surface area contributed by atoms with E-state index in [-0.39, 0.29) is 5.91 Å². The highest BCUT2D eigenvalue weighted by Crippen LogP contribution is 2.29. The zero-order valence-corrected chi connectivity index (χ0v) is 19.9. The van der Waals surface area contributed by atoms with Crippen LogP contribution in [0.4, 0.5) is 5.69 Å². The minimum atomic E-state index is -0.249. The van der Waals surface area contributed by atoms with Crippen LogP contribution in [0, 0.1) is 6.92 Å². The van der Waals surface area contributed by atoms with Crippen LogP contribution in [0.25, 0.3) is 16.7 Å². The van der Waals surface area contributed by atoms with Gasteiger partial charge in [0.15, 0.2) is 0 Å². The van der Waals surface area contributed by atoms with Gasteiger partial charge in [0.2, 0.25) is 0 Å². The molecule has 0 saturated heterocycles. The number of halogens is 1. The SMILES string of the molecule is CCCCc1ccc(-n2nc3ccc(NC(=O)c4cc(Br)cc(C)c4OC)cc3n2)cc1. The van der Waals surface area contributed by atoms with Gasteiger partial charge >= 0.3 is 0 Å². The summed E-state index contributed by atoms with van der Waals surface area (Å²) in [5.41, 5.74) is 5.67. The lowest BCUT2D eigenvalue weighted by molar-refractivity contribution is 0.102. The van der Waals surface area contributed by atoms with Crippen molar-refractivity contribution in [1.29, 1.82) is 0 Å². The summed E-state index contributed by atoms with van der Waals surface area (Å²) in [5, 5.41) is 12.1. The van der Waals surface area contributed by atoms with Gasteiger partial charge in [-0.15, -0.1) is 10.2 Å². The molecule has 0 saturated carbocycles. The van der Waals surface area contributed by atoms with Crippen LogP contribution in [0.1, 0.15) is 41.3 Å². The number of carbonyl (C=O) groups is 1. The summed E-state index contributed by atoms with van der Waals surface area (Å²) in [6.45, 7) is 4.10. The quantitative estimate of drug-likeness (QED) is 0.338. The van der Waals surface area contributed by atoms with Gasteiger partial charge in [-0.05, 0) is 73.4 Å². The molecule has 6 nitrogen and oxygen atoms in total. The fourth-order valence-electron chi connectivity index (χ4n) is 3.65. The van der Waals surface area contributed by atoms with Gasteiger partial charge < -0.3 is 10.1 Å². The van der Waals surface area contributed by atoms with Gasteiger partial charge in [0, 0.05) is 10.2 Å². The molecule has 1 N–H and O–H groups in total. The second kappa shape index (κ2) is 9.53. The normalized spacial score (nSPS) is 11.0. The number of nitrogens with zero attached hydrogens (tertiary/aromatic N) is 3. The zero-order chi connectivity index (χ0) is 22.7. The Morgan fingerprint density at radius 1 is 1.06 bits per heavy atom. The second-order valence-electron chi connectivity index (χ2n) is 7.72. The van der Waals surface area contributed by atoms with E-state index in [0.29, 0.717) is 22.5 Å². The number of unbranched alkanes of at least 4 members (excludes halogenated alkanes) is 1. The van der Waals surface area contributed by atoms with Crippen molar-refractivity contribution in [3.8, 4) is 11.4 Å². The molecule has 0 fully saturated rings. The molecule has 1 aromatic heterocycles. The molecular weight excluding hydrogens is 468 g/mol. The van der Waals surface area contributed by atoms with Gasteiger partial charge in [-0.3, -0.25) is 4.79 Å². The van der Waals surface area contributed by atoms with Gasteiger partial charge in [-0.2, -0.15) is 4.80 Å². The summed E-state index contributed by atoms with van der Waals surface area (Å²) in [4.78, 5) is 14.5. The molecule has 4 aromatic rings. The van der Waals surface area contributed by atoms with Crippen molar-refractivity contribution in [2.24, 2.45) is 0 Å². The molecule has 7 heteroatoms. The Hall–Kier alpha value is -3.19. The molecule has 1 heterocycles. The Bertz CT molecular complexity index is 1270. The number of benzene rings is 3. The number of anilines is 1.